The van der Waals surface area contributed by atoms with E-state index in [9.17, 15) is 9.59 Å². The molecule has 1 aliphatic rings. The number of ether oxygens (including phenoxy) is 2. The zero-order valence-corrected chi connectivity index (χ0v) is 17.0. The maximum absolute atomic E-state index is 12.5. The number of benzene rings is 1. The molecule has 8 heteroatoms. The molecule has 8 nitrogen and oxygen atoms in total. The van der Waals surface area contributed by atoms with E-state index in [1.807, 2.05) is 24.3 Å². The minimum Gasteiger partial charge on any atom is -0.497 e. The van der Waals surface area contributed by atoms with Crippen molar-refractivity contribution in [3.05, 3.63) is 30.0 Å². The Morgan fingerprint density at radius 1 is 1.21 bits per heavy atom. The minimum atomic E-state index is -0.174. The van der Waals surface area contributed by atoms with E-state index in [0.717, 1.165) is 48.4 Å². The van der Waals surface area contributed by atoms with Crippen LogP contribution >= 0.6 is 0 Å². The fourth-order valence-electron chi connectivity index (χ4n) is 3.49. The van der Waals surface area contributed by atoms with Crippen LogP contribution in [0, 0.1) is 0 Å². The molecule has 1 saturated heterocycles. The Bertz CT molecular complexity index is 832. The first kappa shape index (κ1) is 20.9. The largest absolute Gasteiger partial charge is 0.497 e. The lowest BCUT2D eigenvalue weighted by atomic mass is 10.1. The van der Waals surface area contributed by atoms with Crippen molar-refractivity contribution in [3.63, 3.8) is 0 Å². The Hall–Kier alpha value is -2.87. The number of aromatic nitrogens is 2. The summed E-state index contributed by atoms with van der Waals surface area (Å²) in [5.41, 5.74) is 2.45. The van der Waals surface area contributed by atoms with Gasteiger partial charge in [0.25, 0.3) is 0 Å². The molecule has 0 spiro atoms. The van der Waals surface area contributed by atoms with Crippen molar-refractivity contribution in [2.75, 3.05) is 32.6 Å². The number of H-pyrrole nitrogens is 1. The molecule has 0 bridgehead atoms. The fraction of sp³-hybridized carbons (Fsp3) is 0.476. The number of amides is 2. The Labute approximate surface area is 170 Å². The summed E-state index contributed by atoms with van der Waals surface area (Å²) in [6.07, 6.45) is 3.80. The van der Waals surface area contributed by atoms with Gasteiger partial charge in [-0.15, -0.1) is 0 Å². The van der Waals surface area contributed by atoms with Crippen LogP contribution in [-0.4, -0.2) is 54.2 Å². The second-order valence-corrected chi connectivity index (χ2v) is 7.08. The molecule has 29 heavy (non-hydrogen) atoms. The van der Waals surface area contributed by atoms with E-state index in [1.165, 1.54) is 0 Å². The number of methoxy groups -OCH3 is 2. The van der Waals surface area contributed by atoms with Gasteiger partial charge in [0.2, 0.25) is 11.8 Å². The zero-order valence-electron chi connectivity index (χ0n) is 17.0. The van der Waals surface area contributed by atoms with Crippen LogP contribution in [0.15, 0.2) is 24.3 Å². The van der Waals surface area contributed by atoms with Gasteiger partial charge < -0.3 is 19.7 Å². The van der Waals surface area contributed by atoms with Crippen LogP contribution in [0.4, 0.5) is 5.82 Å². The first-order chi connectivity index (χ1) is 14.1. The molecule has 0 atom stereocenters. The number of carbonyl (C=O) groups is 2. The highest BCUT2D eigenvalue weighted by Gasteiger charge is 2.20. The van der Waals surface area contributed by atoms with Crippen LogP contribution in [0.3, 0.4) is 0 Å². The molecule has 2 heterocycles. The second-order valence-electron chi connectivity index (χ2n) is 7.08. The Balaban J connectivity index is 1.70. The van der Waals surface area contributed by atoms with Gasteiger partial charge in [0.1, 0.15) is 5.75 Å². The van der Waals surface area contributed by atoms with Crippen molar-refractivity contribution < 1.29 is 19.1 Å². The maximum atomic E-state index is 12.5. The number of likely N-dealkylation sites (tertiary alicyclic amines) is 1. The normalized spacial score (nSPS) is 14.6. The second kappa shape index (κ2) is 10.1. The summed E-state index contributed by atoms with van der Waals surface area (Å²) < 4.78 is 10.5. The van der Waals surface area contributed by atoms with Crippen molar-refractivity contribution in [1.29, 1.82) is 0 Å². The van der Waals surface area contributed by atoms with Gasteiger partial charge in [-0.1, -0.05) is 18.6 Å². The van der Waals surface area contributed by atoms with Crippen molar-refractivity contribution in [2.24, 2.45) is 0 Å². The van der Waals surface area contributed by atoms with E-state index < -0.39 is 0 Å². The number of hydrogen-bond acceptors (Lipinski definition) is 5. The molecule has 1 fully saturated rings. The molecular weight excluding hydrogens is 372 g/mol. The lowest BCUT2D eigenvalue weighted by Crippen LogP contribution is -2.33. The highest BCUT2D eigenvalue weighted by molar-refractivity contribution is 5.95. The van der Waals surface area contributed by atoms with Crippen molar-refractivity contribution >= 4 is 17.6 Å². The summed E-state index contributed by atoms with van der Waals surface area (Å²) in [5, 5.41) is 10.1. The lowest BCUT2D eigenvalue weighted by molar-refractivity contribution is -0.131. The van der Waals surface area contributed by atoms with Gasteiger partial charge in [-0.05, 0) is 30.5 Å². The van der Waals surface area contributed by atoms with E-state index in [4.69, 9.17) is 9.47 Å². The van der Waals surface area contributed by atoms with Gasteiger partial charge >= 0.3 is 0 Å². The molecule has 0 unspecified atom stereocenters. The van der Waals surface area contributed by atoms with Crippen LogP contribution in [0.1, 0.15) is 37.8 Å². The van der Waals surface area contributed by atoms with E-state index in [-0.39, 0.29) is 18.2 Å². The fourth-order valence-corrected chi connectivity index (χ4v) is 3.49. The number of carbonyl (C=O) groups excluding carboxylic acids is 2. The summed E-state index contributed by atoms with van der Waals surface area (Å²) in [7, 11) is 3.22. The number of anilines is 1. The number of nitrogens with one attached hydrogen (secondary N) is 2. The zero-order chi connectivity index (χ0) is 20.6. The molecule has 156 valence electrons. The highest BCUT2D eigenvalue weighted by atomic mass is 16.5. The molecule has 0 aliphatic carbocycles. The van der Waals surface area contributed by atoms with Gasteiger partial charge in [0, 0.05) is 38.6 Å². The molecular formula is C21H28N4O4. The van der Waals surface area contributed by atoms with Gasteiger partial charge in [0.15, 0.2) is 5.82 Å². The standard InChI is InChI=1S/C21H28N4O4/c1-28-14-17-20(15-7-9-16(29-2)10-8-15)21(24-23-17)22-18(26)11-13-25-12-5-3-4-6-19(25)27/h7-10H,3-6,11-14H2,1-2H3,(H2,22,23,24,26). The molecule has 2 N–H and O–H groups in total. The Morgan fingerprint density at radius 3 is 2.72 bits per heavy atom. The lowest BCUT2D eigenvalue weighted by Gasteiger charge is -2.20. The van der Waals surface area contributed by atoms with E-state index in [0.29, 0.717) is 25.4 Å². The number of hydrogen-bond donors (Lipinski definition) is 2. The summed E-state index contributed by atoms with van der Waals surface area (Å²) in [4.78, 5) is 26.4. The first-order valence-corrected chi connectivity index (χ1v) is 9.90. The van der Waals surface area contributed by atoms with Crippen LogP contribution in [0.2, 0.25) is 0 Å². The van der Waals surface area contributed by atoms with Crippen LogP contribution in [-0.2, 0) is 20.9 Å². The average molecular weight is 400 g/mol. The first-order valence-electron chi connectivity index (χ1n) is 9.90. The van der Waals surface area contributed by atoms with Crippen LogP contribution < -0.4 is 10.1 Å². The summed E-state index contributed by atoms with van der Waals surface area (Å²) in [6, 6.07) is 7.54. The average Bonchev–Trinajstić information content (AvgIpc) is 2.99. The van der Waals surface area contributed by atoms with Gasteiger partial charge in [0.05, 0.1) is 19.4 Å². The van der Waals surface area contributed by atoms with Crippen molar-refractivity contribution in [1.82, 2.24) is 15.1 Å². The summed E-state index contributed by atoms with van der Waals surface area (Å²) >= 11 is 0. The van der Waals surface area contributed by atoms with Crippen molar-refractivity contribution in [2.45, 2.75) is 38.7 Å². The third-order valence-electron chi connectivity index (χ3n) is 5.05. The topological polar surface area (TPSA) is 96.5 Å². The minimum absolute atomic E-state index is 0.136. The quantitative estimate of drug-likeness (QED) is 0.710. The van der Waals surface area contributed by atoms with Gasteiger partial charge in [-0.3, -0.25) is 14.7 Å². The molecule has 2 amide bonds. The third-order valence-corrected chi connectivity index (χ3v) is 5.05. The maximum Gasteiger partial charge on any atom is 0.227 e. The predicted molar refractivity (Wildman–Crippen MR) is 110 cm³/mol. The smallest absolute Gasteiger partial charge is 0.227 e. The number of rotatable bonds is 8. The molecule has 1 aromatic heterocycles. The van der Waals surface area contributed by atoms with Gasteiger partial charge in [-0.2, -0.15) is 5.10 Å². The summed E-state index contributed by atoms with van der Waals surface area (Å²) in [6.45, 7) is 1.49. The number of nitrogens with zero attached hydrogens (tertiary/aromatic N) is 2. The monoisotopic (exact) mass is 400 g/mol. The number of aromatic amines is 1. The molecule has 1 aliphatic heterocycles. The van der Waals surface area contributed by atoms with E-state index in [2.05, 4.69) is 15.5 Å². The molecule has 0 saturated carbocycles. The Morgan fingerprint density at radius 2 is 2.00 bits per heavy atom. The molecule has 3 rings (SSSR count). The van der Waals surface area contributed by atoms with E-state index in [1.54, 1.807) is 19.1 Å². The molecule has 2 aromatic rings. The molecule has 0 radical (unpaired) electrons. The van der Waals surface area contributed by atoms with Crippen molar-refractivity contribution in [3.8, 4) is 16.9 Å². The highest BCUT2D eigenvalue weighted by Crippen LogP contribution is 2.31. The molecule has 1 aromatic carbocycles. The third kappa shape index (κ3) is 5.35. The van der Waals surface area contributed by atoms with Crippen LogP contribution in [0.25, 0.3) is 11.1 Å². The summed E-state index contributed by atoms with van der Waals surface area (Å²) in [5.74, 6) is 1.16. The van der Waals surface area contributed by atoms with Gasteiger partial charge in [-0.25, -0.2) is 0 Å². The Kier molecular flexibility index (Phi) is 7.24. The van der Waals surface area contributed by atoms with E-state index >= 15 is 0 Å². The SMILES string of the molecule is COCc1[nH]nc(NC(=O)CCN2CCCCCC2=O)c1-c1ccc(OC)cc1. The van der Waals surface area contributed by atoms with Crippen LogP contribution in [0.5, 0.6) is 5.75 Å². The predicted octanol–water partition coefficient (Wildman–Crippen LogP) is 2.96.